The van der Waals surface area contributed by atoms with E-state index in [1.165, 1.54) is 13.2 Å². The van der Waals surface area contributed by atoms with Gasteiger partial charge in [0.25, 0.3) is 11.8 Å². The number of ether oxygens (including phenoxy) is 2. The van der Waals surface area contributed by atoms with Crippen molar-refractivity contribution >= 4 is 51.9 Å². The van der Waals surface area contributed by atoms with Crippen LogP contribution in [0.4, 0.5) is 11.4 Å². The quantitative estimate of drug-likeness (QED) is 0.209. The molecule has 2 amide bonds. The van der Waals surface area contributed by atoms with Gasteiger partial charge in [0.2, 0.25) is 0 Å². The molecule has 0 saturated carbocycles. The molecule has 0 saturated heterocycles. The zero-order chi connectivity index (χ0) is 25.4. The molecular weight excluding hydrogens is 557 g/mol. The highest BCUT2D eigenvalue weighted by Crippen LogP contribution is 2.34. The van der Waals surface area contributed by atoms with E-state index in [1.54, 1.807) is 18.2 Å². The second-order valence-corrected chi connectivity index (χ2v) is 8.84. The van der Waals surface area contributed by atoms with Gasteiger partial charge >= 0.3 is 0 Å². The number of hydrogen-bond donors (Lipinski definition) is 2. The number of carbonyl (C=O) groups is 2. The lowest BCUT2D eigenvalue weighted by Crippen LogP contribution is -2.20. The minimum atomic E-state index is -0.510. The first-order valence-corrected chi connectivity index (χ1v) is 11.7. The molecule has 0 aliphatic carbocycles. The molecule has 0 atom stereocenters. The van der Waals surface area contributed by atoms with Gasteiger partial charge < -0.3 is 20.1 Å². The number of benzene rings is 3. The predicted molar refractivity (Wildman–Crippen MR) is 144 cm³/mol. The van der Waals surface area contributed by atoms with Gasteiger partial charge in [-0.15, -0.1) is 0 Å². The summed E-state index contributed by atoms with van der Waals surface area (Å²) in [6.07, 6.45) is 1.48. The zero-order valence-electron chi connectivity index (χ0n) is 19.5. The number of halogens is 1. The number of para-hydroxylation sites is 1. The molecule has 0 aliphatic heterocycles. The van der Waals surface area contributed by atoms with Crippen LogP contribution in [0.2, 0.25) is 0 Å². The van der Waals surface area contributed by atoms with Crippen LogP contribution in [0.1, 0.15) is 16.7 Å². The number of methoxy groups -OCH3 is 1. The van der Waals surface area contributed by atoms with Crippen LogP contribution in [0.5, 0.6) is 11.5 Å². The average Bonchev–Trinajstić information content (AvgIpc) is 2.84. The van der Waals surface area contributed by atoms with Crippen LogP contribution >= 0.6 is 22.6 Å². The van der Waals surface area contributed by atoms with Crippen molar-refractivity contribution in [2.24, 2.45) is 0 Å². The molecule has 8 heteroatoms. The Bertz CT molecular complexity index is 1310. The van der Waals surface area contributed by atoms with Crippen LogP contribution in [0, 0.1) is 28.7 Å². The SMILES string of the molecule is COc1cc(/C=C(\C#N)C(=O)Nc2ccccc2C)cc(I)c1OCC(=O)Nc1ccc(C)cc1. The zero-order valence-corrected chi connectivity index (χ0v) is 21.7. The first kappa shape index (κ1) is 25.8. The first-order valence-electron chi connectivity index (χ1n) is 10.7. The lowest BCUT2D eigenvalue weighted by Gasteiger charge is -2.14. The summed E-state index contributed by atoms with van der Waals surface area (Å²) in [5.74, 6) is -0.0470. The van der Waals surface area contributed by atoms with Crippen molar-refractivity contribution in [3.05, 3.63) is 86.5 Å². The maximum absolute atomic E-state index is 12.6. The van der Waals surface area contributed by atoms with Crippen molar-refractivity contribution in [3.63, 3.8) is 0 Å². The second kappa shape index (κ2) is 12.0. The third-order valence-corrected chi connectivity index (χ3v) is 5.81. The third kappa shape index (κ3) is 7.07. The molecule has 0 spiro atoms. The van der Waals surface area contributed by atoms with E-state index < -0.39 is 5.91 Å². The van der Waals surface area contributed by atoms with Crippen LogP contribution in [0.3, 0.4) is 0 Å². The molecule has 0 fully saturated rings. The normalized spacial score (nSPS) is 10.8. The minimum Gasteiger partial charge on any atom is -0.493 e. The van der Waals surface area contributed by atoms with E-state index in [9.17, 15) is 14.9 Å². The van der Waals surface area contributed by atoms with Gasteiger partial charge in [0.15, 0.2) is 18.1 Å². The van der Waals surface area contributed by atoms with Crippen molar-refractivity contribution in [1.29, 1.82) is 5.26 Å². The minimum absolute atomic E-state index is 0.0581. The summed E-state index contributed by atoms with van der Waals surface area (Å²) in [6, 6.07) is 20.1. The number of nitrogens with zero attached hydrogens (tertiary/aromatic N) is 1. The predicted octanol–water partition coefficient (Wildman–Crippen LogP) is 5.48. The number of nitrogens with one attached hydrogen (secondary N) is 2. The molecule has 0 radical (unpaired) electrons. The van der Waals surface area contributed by atoms with Crippen molar-refractivity contribution in [1.82, 2.24) is 0 Å². The van der Waals surface area contributed by atoms with Crippen molar-refractivity contribution < 1.29 is 19.1 Å². The van der Waals surface area contributed by atoms with E-state index in [0.717, 1.165) is 11.1 Å². The Hall–Kier alpha value is -3.84. The molecule has 7 nitrogen and oxygen atoms in total. The van der Waals surface area contributed by atoms with Gasteiger partial charge in [-0.25, -0.2) is 0 Å². The fourth-order valence-corrected chi connectivity index (χ4v) is 3.93. The van der Waals surface area contributed by atoms with Crippen molar-refractivity contribution in [2.45, 2.75) is 13.8 Å². The van der Waals surface area contributed by atoms with Gasteiger partial charge in [-0.05, 0) is 84.0 Å². The Balaban J connectivity index is 1.74. The van der Waals surface area contributed by atoms with Crippen LogP contribution < -0.4 is 20.1 Å². The summed E-state index contributed by atoms with van der Waals surface area (Å²) in [6.45, 7) is 3.63. The Labute approximate surface area is 217 Å². The molecule has 2 N–H and O–H groups in total. The molecule has 3 aromatic carbocycles. The molecular formula is C27H24IN3O4. The summed E-state index contributed by atoms with van der Waals surface area (Å²) in [5.41, 5.74) is 3.83. The molecule has 3 rings (SSSR count). The van der Waals surface area contributed by atoms with Crippen molar-refractivity contribution in [3.8, 4) is 17.6 Å². The maximum Gasteiger partial charge on any atom is 0.266 e. The summed E-state index contributed by atoms with van der Waals surface area (Å²) >= 11 is 2.06. The van der Waals surface area contributed by atoms with Gasteiger partial charge in [-0.2, -0.15) is 5.26 Å². The summed E-state index contributed by atoms with van der Waals surface area (Å²) in [4.78, 5) is 25.0. The first-order chi connectivity index (χ1) is 16.8. The smallest absolute Gasteiger partial charge is 0.266 e. The Morgan fingerprint density at radius 2 is 1.77 bits per heavy atom. The van der Waals surface area contributed by atoms with Crippen LogP contribution in [0.15, 0.2) is 66.2 Å². The number of anilines is 2. The Kier molecular flexibility index (Phi) is 8.86. The lowest BCUT2D eigenvalue weighted by molar-refractivity contribution is -0.118. The van der Waals surface area contributed by atoms with E-state index in [1.807, 2.05) is 62.4 Å². The lowest BCUT2D eigenvalue weighted by atomic mass is 10.1. The molecule has 0 bridgehead atoms. The van der Waals surface area contributed by atoms with Gasteiger partial charge in [0, 0.05) is 11.4 Å². The summed E-state index contributed by atoms with van der Waals surface area (Å²) in [7, 11) is 1.48. The van der Waals surface area contributed by atoms with Gasteiger partial charge in [0.1, 0.15) is 11.6 Å². The van der Waals surface area contributed by atoms with E-state index in [-0.39, 0.29) is 18.1 Å². The molecule has 0 aliphatic rings. The van der Waals surface area contributed by atoms with Crippen LogP contribution in [0.25, 0.3) is 6.08 Å². The van der Waals surface area contributed by atoms with Crippen LogP contribution in [-0.2, 0) is 9.59 Å². The van der Waals surface area contributed by atoms with E-state index in [0.29, 0.717) is 32.0 Å². The number of nitriles is 1. The van der Waals surface area contributed by atoms with E-state index in [2.05, 4.69) is 33.2 Å². The number of amides is 2. The fourth-order valence-electron chi connectivity index (χ4n) is 3.15. The highest BCUT2D eigenvalue weighted by Gasteiger charge is 2.16. The van der Waals surface area contributed by atoms with E-state index >= 15 is 0 Å². The number of hydrogen-bond acceptors (Lipinski definition) is 5. The largest absolute Gasteiger partial charge is 0.493 e. The Morgan fingerprint density at radius 3 is 2.43 bits per heavy atom. The average molecular weight is 581 g/mol. The van der Waals surface area contributed by atoms with Gasteiger partial charge in [-0.1, -0.05) is 35.9 Å². The van der Waals surface area contributed by atoms with E-state index in [4.69, 9.17) is 9.47 Å². The molecule has 3 aromatic rings. The third-order valence-electron chi connectivity index (χ3n) is 5.00. The topological polar surface area (TPSA) is 100 Å². The molecule has 0 aromatic heterocycles. The maximum atomic E-state index is 12.6. The fraction of sp³-hybridized carbons (Fsp3) is 0.148. The van der Waals surface area contributed by atoms with Gasteiger partial charge in [0.05, 0.1) is 10.7 Å². The highest BCUT2D eigenvalue weighted by molar-refractivity contribution is 14.1. The molecule has 35 heavy (non-hydrogen) atoms. The Morgan fingerprint density at radius 1 is 1.06 bits per heavy atom. The molecule has 0 unspecified atom stereocenters. The molecule has 0 heterocycles. The number of rotatable bonds is 8. The summed E-state index contributed by atoms with van der Waals surface area (Å²) < 4.78 is 11.8. The monoisotopic (exact) mass is 581 g/mol. The van der Waals surface area contributed by atoms with Crippen LogP contribution in [-0.4, -0.2) is 25.5 Å². The summed E-state index contributed by atoms with van der Waals surface area (Å²) in [5, 5.41) is 15.1. The second-order valence-electron chi connectivity index (χ2n) is 7.68. The number of carbonyl (C=O) groups excluding carboxylic acids is 2. The molecule has 178 valence electrons. The van der Waals surface area contributed by atoms with Crippen molar-refractivity contribution in [2.75, 3.05) is 24.4 Å². The highest BCUT2D eigenvalue weighted by atomic mass is 127. The van der Waals surface area contributed by atoms with Gasteiger partial charge in [-0.3, -0.25) is 9.59 Å². The number of aryl methyl sites for hydroxylation is 2. The standard InChI is InChI=1S/C27H24IN3O4/c1-17-8-10-21(11-9-17)30-25(32)16-35-26-22(28)13-19(14-24(26)34-3)12-20(15-29)27(33)31-23-7-5-4-6-18(23)2/h4-14H,16H2,1-3H3,(H,30,32)(H,31,33)/b20-12+.